The molecule has 0 unspecified atom stereocenters. The molecule has 0 saturated carbocycles. The van der Waals surface area contributed by atoms with Crippen molar-refractivity contribution in [3.63, 3.8) is 0 Å². The Morgan fingerprint density at radius 1 is 1.53 bits per heavy atom. The minimum atomic E-state index is -1.11. The topological polar surface area (TPSA) is 92.4 Å². The fourth-order valence-corrected chi connectivity index (χ4v) is 1.30. The molecule has 0 saturated heterocycles. The first-order valence-corrected chi connectivity index (χ1v) is 5.24. The van der Waals surface area contributed by atoms with Gasteiger partial charge < -0.3 is 16.2 Å². The van der Waals surface area contributed by atoms with Gasteiger partial charge in [0.2, 0.25) is 5.91 Å². The molecule has 2 atom stereocenters. The summed E-state index contributed by atoms with van der Waals surface area (Å²) in [4.78, 5) is 22.4. The van der Waals surface area contributed by atoms with E-state index in [1.165, 1.54) is 6.92 Å². The molecule has 0 fully saturated rings. The third-order valence-electron chi connectivity index (χ3n) is 2.26. The summed E-state index contributed by atoms with van der Waals surface area (Å²) in [6.07, 6.45) is 0.161. The van der Waals surface area contributed by atoms with E-state index in [0.29, 0.717) is 6.04 Å². The third kappa shape index (κ3) is 4.24. The van der Waals surface area contributed by atoms with Gasteiger partial charge in [0, 0.05) is 6.42 Å². The maximum absolute atomic E-state index is 11.4. The van der Waals surface area contributed by atoms with E-state index in [9.17, 15) is 9.59 Å². The van der Waals surface area contributed by atoms with E-state index < -0.39 is 24.0 Å². The van der Waals surface area contributed by atoms with Crippen molar-refractivity contribution >= 4 is 11.9 Å². The maximum atomic E-state index is 11.4. The number of nitrogens with two attached hydrogens (primary N) is 1. The summed E-state index contributed by atoms with van der Waals surface area (Å²) in [5, 5.41) is 11.4. The monoisotopic (exact) mass is 238 g/mol. The zero-order valence-corrected chi connectivity index (χ0v) is 9.51. The molecule has 0 spiro atoms. The fraction of sp³-hybridized carbons (Fsp3) is 0.333. The molecule has 5 nitrogen and oxygen atoms in total. The van der Waals surface area contributed by atoms with E-state index in [4.69, 9.17) is 12.2 Å². The van der Waals surface area contributed by atoms with Crippen LogP contribution in [0.4, 0.5) is 0 Å². The first-order valence-electron chi connectivity index (χ1n) is 5.74. The molecule has 1 rings (SSSR count). The molecule has 0 bridgehead atoms. The SMILES string of the molecule is [3H]c1ccc(C[C@H](NC(=O)[C@H](C)N)C(=O)O)cc1. The highest BCUT2D eigenvalue weighted by atomic mass is 16.4. The van der Waals surface area contributed by atoms with Crippen molar-refractivity contribution in [2.45, 2.75) is 25.4 Å². The van der Waals surface area contributed by atoms with Gasteiger partial charge in [0.05, 0.1) is 7.41 Å². The Hall–Kier alpha value is -1.88. The highest BCUT2D eigenvalue weighted by molar-refractivity contribution is 5.86. The number of carbonyl (C=O) groups excluding carboxylic acids is 1. The molecule has 0 aliphatic carbocycles. The minimum Gasteiger partial charge on any atom is -0.480 e. The van der Waals surface area contributed by atoms with E-state index in [2.05, 4.69) is 5.32 Å². The van der Waals surface area contributed by atoms with Gasteiger partial charge in [0.1, 0.15) is 6.04 Å². The predicted molar refractivity (Wildman–Crippen MR) is 63.4 cm³/mol. The molecule has 0 heterocycles. The van der Waals surface area contributed by atoms with Gasteiger partial charge in [-0.1, -0.05) is 30.3 Å². The second-order valence-electron chi connectivity index (χ2n) is 3.80. The summed E-state index contributed by atoms with van der Waals surface area (Å²) in [5.74, 6) is -1.61. The van der Waals surface area contributed by atoms with Crippen molar-refractivity contribution < 1.29 is 16.1 Å². The second-order valence-corrected chi connectivity index (χ2v) is 3.80. The van der Waals surface area contributed by atoms with Gasteiger partial charge in [-0.15, -0.1) is 0 Å². The Morgan fingerprint density at radius 3 is 2.59 bits per heavy atom. The molecular weight excluding hydrogens is 220 g/mol. The Balaban J connectivity index is 2.72. The number of carboxylic acid groups (broad SMARTS) is 1. The Bertz CT molecular complexity index is 431. The normalized spacial score (nSPS) is 14.6. The van der Waals surface area contributed by atoms with Crippen LogP contribution in [0.1, 0.15) is 13.9 Å². The summed E-state index contributed by atoms with van der Waals surface area (Å²) >= 11 is 0. The first-order chi connectivity index (χ1) is 8.40. The van der Waals surface area contributed by atoms with E-state index in [1.54, 1.807) is 24.3 Å². The zero-order chi connectivity index (χ0) is 13.7. The van der Waals surface area contributed by atoms with Crippen molar-refractivity contribution in [2.75, 3.05) is 0 Å². The van der Waals surface area contributed by atoms with Crippen molar-refractivity contribution in [3.05, 3.63) is 35.9 Å². The van der Waals surface area contributed by atoms with Crippen LogP contribution >= 0.6 is 0 Å². The average Bonchev–Trinajstić information content (AvgIpc) is 2.30. The van der Waals surface area contributed by atoms with E-state index in [0.717, 1.165) is 5.56 Å². The number of hydrogen-bond acceptors (Lipinski definition) is 3. The van der Waals surface area contributed by atoms with Crippen LogP contribution in [0.5, 0.6) is 0 Å². The summed E-state index contributed by atoms with van der Waals surface area (Å²) in [5.41, 5.74) is 6.11. The number of amides is 1. The lowest BCUT2D eigenvalue weighted by molar-refractivity contribution is -0.141. The van der Waals surface area contributed by atoms with Gasteiger partial charge in [-0.3, -0.25) is 4.79 Å². The van der Waals surface area contributed by atoms with E-state index >= 15 is 0 Å². The number of carbonyl (C=O) groups is 2. The molecule has 1 aromatic rings. The highest BCUT2D eigenvalue weighted by Crippen LogP contribution is 2.03. The molecule has 1 amide bonds. The Labute approximate surface area is 101 Å². The number of rotatable bonds is 5. The van der Waals surface area contributed by atoms with Crippen LogP contribution in [0.2, 0.25) is 0 Å². The summed E-state index contributed by atoms with van der Waals surface area (Å²) < 4.78 is 7.33. The van der Waals surface area contributed by atoms with Crippen LogP contribution in [0.15, 0.2) is 30.3 Å². The lowest BCUT2D eigenvalue weighted by Gasteiger charge is -2.16. The number of aliphatic carboxylic acids is 1. The van der Waals surface area contributed by atoms with Gasteiger partial charge in [0.15, 0.2) is 0 Å². The maximum Gasteiger partial charge on any atom is 0.326 e. The van der Waals surface area contributed by atoms with Gasteiger partial charge in [-0.25, -0.2) is 4.79 Å². The first kappa shape index (κ1) is 11.6. The third-order valence-corrected chi connectivity index (χ3v) is 2.26. The van der Waals surface area contributed by atoms with Crippen molar-refractivity contribution in [1.29, 1.82) is 0 Å². The number of nitrogens with one attached hydrogen (secondary N) is 1. The molecule has 92 valence electrons. The highest BCUT2D eigenvalue weighted by Gasteiger charge is 2.21. The summed E-state index contributed by atoms with van der Waals surface area (Å²) in [6.45, 7) is 1.49. The zero-order valence-electron chi connectivity index (χ0n) is 10.5. The van der Waals surface area contributed by atoms with Gasteiger partial charge in [0.25, 0.3) is 0 Å². The number of carboxylic acids is 1. The van der Waals surface area contributed by atoms with Crippen molar-refractivity contribution in [1.82, 2.24) is 5.32 Å². The van der Waals surface area contributed by atoms with Crippen LogP contribution in [0.25, 0.3) is 0 Å². The Kier molecular flexibility index (Phi) is 4.10. The van der Waals surface area contributed by atoms with E-state index in [1.807, 2.05) is 0 Å². The van der Waals surface area contributed by atoms with Crippen LogP contribution in [0.3, 0.4) is 0 Å². The van der Waals surface area contributed by atoms with Crippen LogP contribution in [-0.2, 0) is 16.0 Å². The number of hydrogen-bond donors (Lipinski definition) is 3. The average molecular weight is 238 g/mol. The molecule has 0 radical (unpaired) electrons. The van der Waals surface area contributed by atoms with Crippen LogP contribution in [0, 0.1) is 0 Å². The van der Waals surface area contributed by atoms with Gasteiger partial charge >= 0.3 is 5.97 Å². The lowest BCUT2D eigenvalue weighted by Crippen LogP contribution is -2.48. The molecule has 4 N–H and O–H groups in total. The molecule has 0 aliphatic rings. The summed E-state index contributed by atoms with van der Waals surface area (Å²) in [7, 11) is 0. The van der Waals surface area contributed by atoms with Crippen molar-refractivity contribution in [2.24, 2.45) is 5.73 Å². The summed E-state index contributed by atoms with van der Waals surface area (Å²) in [6, 6.07) is 5.06. The predicted octanol–water partition coefficient (Wildman–Crippen LogP) is 0.146. The molecule has 17 heavy (non-hydrogen) atoms. The van der Waals surface area contributed by atoms with Crippen molar-refractivity contribution in [3.8, 4) is 0 Å². The fourth-order valence-electron chi connectivity index (χ4n) is 1.30. The smallest absolute Gasteiger partial charge is 0.326 e. The van der Waals surface area contributed by atoms with Crippen LogP contribution < -0.4 is 11.1 Å². The molecule has 0 aromatic heterocycles. The molecule has 1 aromatic carbocycles. The van der Waals surface area contributed by atoms with Crippen LogP contribution in [-0.4, -0.2) is 29.1 Å². The molecular formula is C12H16N2O3. The second kappa shape index (κ2) is 6.00. The minimum absolute atomic E-state index is 0.161. The lowest BCUT2D eigenvalue weighted by atomic mass is 10.1. The quantitative estimate of drug-likeness (QED) is 0.680. The molecule has 0 aliphatic heterocycles. The largest absolute Gasteiger partial charge is 0.480 e. The van der Waals surface area contributed by atoms with Gasteiger partial charge in [-0.2, -0.15) is 0 Å². The standard InChI is InChI=1S/C12H16N2O3/c1-8(13)11(15)14-10(12(16)17)7-9-5-3-2-4-6-9/h2-6,8,10H,7,13H2,1H3,(H,14,15)(H,16,17)/t8-,10-/m0/s1/i2T. The number of benzene rings is 1. The molecule has 5 heteroatoms. The Morgan fingerprint density at radius 2 is 2.12 bits per heavy atom. The van der Waals surface area contributed by atoms with Gasteiger partial charge in [-0.05, 0) is 12.5 Å². The van der Waals surface area contributed by atoms with E-state index in [-0.39, 0.29) is 6.42 Å².